The van der Waals surface area contributed by atoms with Gasteiger partial charge in [0.05, 0.1) is 23.9 Å². The molecule has 36 heavy (non-hydrogen) atoms. The van der Waals surface area contributed by atoms with Gasteiger partial charge in [-0.15, -0.1) is 0 Å². The highest BCUT2D eigenvalue weighted by Gasteiger charge is 2.47. The number of carbonyl (C=O) groups excluding carboxylic acids is 2. The standard InChI is InChI=1S/C29H22ClNO5/c1-2-36-24-16-18(13-14-23(24)32)26-25(27(33)19-9-5-10-20(30)15-19)28(34)29(35)31(26)22-12-6-8-17-7-3-4-11-21(17)22/h3-16,26,32-33H,2H2,1H3/b27-25+. The molecule has 2 N–H and O–H groups in total. The van der Waals surface area contributed by atoms with Crippen LogP contribution in [0.25, 0.3) is 16.5 Å². The molecule has 1 atom stereocenters. The van der Waals surface area contributed by atoms with Crippen LogP contribution in [0.4, 0.5) is 5.69 Å². The molecule has 7 heteroatoms. The monoisotopic (exact) mass is 499 g/mol. The summed E-state index contributed by atoms with van der Waals surface area (Å²) in [5.74, 6) is -1.80. The summed E-state index contributed by atoms with van der Waals surface area (Å²) in [6, 6.07) is 23.2. The Morgan fingerprint density at radius 2 is 1.72 bits per heavy atom. The Morgan fingerprint density at radius 3 is 2.50 bits per heavy atom. The average molecular weight is 500 g/mol. The Morgan fingerprint density at radius 1 is 0.972 bits per heavy atom. The quantitative estimate of drug-likeness (QED) is 0.193. The molecule has 1 amide bonds. The summed E-state index contributed by atoms with van der Waals surface area (Å²) in [6.07, 6.45) is 0. The topological polar surface area (TPSA) is 87.1 Å². The zero-order valence-corrected chi connectivity index (χ0v) is 20.1. The molecule has 1 aliphatic heterocycles. The first-order valence-electron chi connectivity index (χ1n) is 11.4. The van der Waals surface area contributed by atoms with Crippen LogP contribution in [0.15, 0.2) is 90.5 Å². The molecular formula is C29H22ClNO5. The molecule has 1 aliphatic rings. The highest BCUT2D eigenvalue weighted by atomic mass is 35.5. The van der Waals surface area contributed by atoms with Crippen LogP contribution in [-0.2, 0) is 9.59 Å². The van der Waals surface area contributed by atoms with Crippen molar-refractivity contribution in [3.8, 4) is 11.5 Å². The first kappa shape index (κ1) is 23.5. The number of phenols is 1. The third kappa shape index (κ3) is 3.95. The average Bonchev–Trinajstić information content (AvgIpc) is 3.15. The summed E-state index contributed by atoms with van der Waals surface area (Å²) >= 11 is 6.14. The molecule has 1 fully saturated rings. The molecule has 0 saturated carbocycles. The Balaban J connectivity index is 1.79. The van der Waals surface area contributed by atoms with Crippen molar-refractivity contribution in [1.82, 2.24) is 0 Å². The smallest absolute Gasteiger partial charge is 0.300 e. The Hall–Kier alpha value is -4.29. The van der Waals surface area contributed by atoms with Crippen LogP contribution >= 0.6 is 11.6 Å². The van der Waals surface area contributed by atoms with Gasteiger partial charge in [0.15, 0.2) is 11.5 Å². The number of phenolic OH excluding ortho intramolecular Hbond substituents is 1. The Kier molecular flexibility index (Phi) is 6.12. The van der Waals surface area contributed by atoms with Crippen LogP contribution in [0.2, 0.25) is 5.02 Å². The fourth-order valence-electron chi connectivity index (χ4n) is 4.58. The van der Waals surface area contributed by atoms with Gasteiger partial charge in [0, 0.05) is 16.0 Å². The van der Waals surface area contributed by atoms with Gasteiger partial charge in [0.25, 0.3) is 11.7 Å². The van der Waals surface area contributed by atoms with E-state index in [4.69, 9.17) is 16.3 Å². The second-order valence-corrected chi connectivity index (χ2v) is 8.77. The third-order valence-electron chi connectivity index (χ3n) is 6.17. The van der Waals surface area contributed by atoms with E-state index < -0.39 is 17.7 Å². The fourth-order valence-corrected chi connectivity index (χ4v) is 4.77. The lowest BCUT2D eigenvalue weighted by Gasteiger charge is -2.27. The van der Waals surface area contributed by atoms with Gasteiger partial charge in [-0.25, -0.2) is 0 Å². The Bertz CT molecular complexity index is 1540. The summed E-state index contributed by atoms with van der Waals surface area (Å²) < 4.78 is 5.56. The van der Waals surface area contributed by atoms with Crippen molar-refractivity contribution in [3.63, 3.8) is 0 Å². The van der Waals surface area contributed by atoms with Crippen molar-refractivity contribution in [1.29, 1.82) is 0 Å². The number of carbonyl (C=O) groups is 2. The number of aromatic hydroxyl groups is 1. The minimum Gasteiger partial charge on any atom is -0.507 e. The molecule has 0 aliphatic carbocycles. The normalized spacial score (nSPS) is 17.1. The number of aliphatic hydroxyl groups is 1. The molecule has 0 aromatic heterocycles. The van der Waals surface area contributed by atoms with E-state index in [-0.39, 0.29) is 22.8 Å². The van der Waals surface area contributed by atoms with Crippen LogP contribution in [0.5, 0.6) is 11.5 Å². The summed E-state index contributed by atoms with van der Waals surface area (Å²) in [7, 11) is 0. The van der Waals surface area contributed by atoms with Gasteiger partial charge in [-0.2, -0.15) is 0 Å². The number of rotatable bonds is 5. The molecule has 180 valence electrons. The van der Waals surface area contributed by atoms with Gasteiger partial charge in [-0.05, 0) is 48.2 Å². The van der Waals surface area contributed by atoms with E-state index in [9.17, 15) is 19.8 Å². The predicted octanol–water partition coefficient (Wildman–Crippen LogP) is 6.22. The number of hydrogen-bond donors (Lipinski definition) is 2. The molecule has 4 aromatic carbocycles. The van der Waals surface area contributed by atoms with Gasteiger partial charge in [0.2, 0.25) is 0 Å². The van der Waals surface area contributed by atoms with Crippen LogP contribution in [0, 0.1) is 0 Å². The third-order valence-corrected chi connectivity index (χ3v) is 6.40. The van der Waals surface area contributed by atoms with Crippen molar-refractivity contribution in [3.05, 3.63) is 107 Å². The molecule has 0 bridgehead atoms. The van der Waals surface area contributed by atoms with E-state index in [2.05, 4.69) is 0 Å². The van der Waals surface area contributed by atoms with Gasteiger partial charge in [-0.3, -0.25) is 14.5 Å². The molecule has 0 spiro atoms. The lowest BCUT2D eigenvalue weighted by Crippen LogP contribution is -2.29. The summed E-state index contributed by atoms with van der Waals surface area (Å²) in [6.45, 7) is 2.09. The maximum Gasteiger partial charge on any atom is 0.300 e. The highest BCUT2D eigenvalue weighted by molar-refractivity contribution is 6.52. The lowest BCUT2D eigenvalue weighted by atomic mass is 9.94. The summed E-state index contributed by atoms with van der Waals surface area (Å²) in [4.78, 5) is 28.4. The minimum absolute atomic E-state index is 0.0717. The zero-order valence-electron chi connectivity index (χ0n) is 19.3. The summed E-state index contributed by atoms with van der Waals surface area (Å²) in [5.41, 5.74) is 1.25. The zero-order chi connectivity index (χ0) is 25.4. The number of ketones is 1. The number of halogens is 1. The molecule has 5 rings (SSSR count). The van der Waals surface area contributed by atoms with E-state index in [0.717, 1.165) is 10.8 Å². The molecule has 4 aromatic rings. The number of fused-ring (bicyclic) bond motifs is 1. The predicted molar refractivity (Wildman–Crippen MR) is 139 cm³/mol. The SMILES string of the molecule is CCOc1cc(C2/C(=C(\O)c3cccc(Cl)c3)C(=O)C(=O)N2c2cccc3ccccc23)ccc1O. The van der Waals surface area contributed by atoms with Gasteiger partial charge in [-0.1, -0.05) is 66.2 Å². The highest BCUT2D eigenvalue weighted by Crippen LogP contribution is 2.45. The van der Waals surface area contributed by atoms with Crippen LogP contribution in [0.1, 0.15) is 24.1 Å². The molecule has 1 unspecified atom stereocenters. The van der Waals surface area contributed by atoms with Crippen molar-refractivity contribution in [2.75, 3.05) is 11.5 Å². The largest absolute Gasteiger partial charge is 0.507 e. The van der Waals surface area contributed by atoms with Crippen molar-refractivity contribution >= 4 is 45.5 Å². The number of hydrogen-bond acceptors (Lipinski definition) is 5. The first-order chi connectivity index (χ1) is 17.4. The molecule has 1 heterocycles. The molecular weight excluding hydrogens is 478 g/mol. The summed E-state index contributed by atoms with van der Waals surface area (Å²) in [5, 5.41) is 23.6. The van der Waals surface area contributed by atoms with E-state index in [1.165, 1.54) is 17.0 Å². The van der Waals surface area contributed by atoms with E-state index in [1.54, 1.807) is 43.3 Å². The number of nitrogens with zero attached hydrogens (tertiary/aromatic N) is 1. The van der Waals surface area contributed by atoms with E-state index in [1.807, 2.05) is 36.4 Å². The first-order valence-corrected chi connectivity index (χ1v) is 11.8. The molecule has 1 saturated heterocycles. The minimum atomic E-state index is -0.977. The van der Waals surface area contributed by atoms with Crippen LogP contribution < -0.4 is 9.64 Å². The fraction of sp³-hybridized carbons (Fsp3) is 0.103. The van der Waals surface area contributed by atoms with E-state index in [0.29, 0.717) is 28.4 Å². The number of benzene rings is 4. The van der Waals surface area contributed by atoms with Gasteiger partial charge >= 0.3 is 0 Å². The van der Waals surface area contributed by atoms with Crippen LogP contribution in [0.3, 0.4) is 0 Å². The number of aliphatic hydroxyl groups excluding tert-OH is 1. The second-order valence-electron chi connectivity index (χ2n) is 8.34. The lowest BCUT2D eigenvalue weighted by molar-refractivity contribution is -0.132. The van der Waals surface area contributed by atoms with Crippen LogP contribution in [-0.4, -0.2) is 28.5 Å². The Labute approximate surface area is 212 Å². The van der Waals surface area contributed by atoms with E-state index >= 15 is 0 Å². The van der Waals surface area contributed by atoms with Crippen molar-refractivity contribution < 1.29 is 24.5 Å². The number of ether oxygens (including phenoxy) is 1. The maximum atomic E-state index is 13.5. The van der Waals surface area contributed by atoms with Crippen molar-refractivity contribution in [2.45, 2.75) is 13.0 Å². The maximum absolute atomic E-state index is 13.5. The molecule has 6 nitrogen and oxygen atoms in total. The number of amides is 1. The van der Waals surface area contributed by atoms with Crippen molar-refractivity contribution in [2.24, 2.45) is 0 Å². The van der Waals surface area contributed by atoms with Gasteiger partial charge in [0.1, 0.15) is 5.76 Å². The molecule has 0 radical (unpaired) electrons. The number of anilines is 1. The van der Waals surface area contributed by atoms with Gasteiger partial charge < -0.3 is 14.9 Å². The second kappa shape index (κ2) is 9.40. The number of Topliss-reactive ketones (excluding diaryl/α,β-unsaturated/α-hetero) is 1.